The molecule has 0 saturated heterocycles. The molecule has 2 unspecified atom stereocenters. The number of benzene rings is 2. The first-order chi connectivity index (χ1) is 17.1. The van der Waals surface area contributed by atoms with E-state index in [2.05, 4.69) is 39.9 Å². The van der Waals surface area contributed by atoms with Crippen LogP contribution in [0, 0.1) is 16.2 Å². The highest BCUT2D eigenvalue weighted by molar-refractivity contribution is 6.11. The molecule has 36 heavy (non-hydrogen) atoms. The molecular weight excluding hydrogens is 450 g/mol. The summed E-state index contributed by atoms with van der Waals surface area (Å²) in [6.45, 7) is 13.4. The first kappa shape index (κ1) is 25.7. The van der Waals surface area contributed by atoms with E-state index in [0.29, 0.717) is 17.7 Å². The van der Waals surface area contributed by atoms with E-state index in [0.717, 1.165) is 34.4 Å². The Morgan fingerprint density at radius 3 is 2.11 bits per heavy atom. The summed E-state index contributed by atoms with van der Waals surface area (Å²) in [7, 11) is 1.65. The third-order valence-electron chi connectivity index (χ3n) is 8.93. The van der Waals surface area contributed by atoms with E-state index in [1.165, 1.54) is 0 Å². The first-order valence-corrected chi connectivity index (χ1v) is 12.7. The molecule has 2 aromatic carbocycles. The normalized spacial score (nSPS) is 24.2. The molecule has 2 aliphatic carbocycles. The molecule has 0 spiro atoms. The molecule has 0 radical (unpaired) electrons. The molecule has 0 aliphatic heterocycles. The number of hydrogen-bond acceptors (Lipinski definition) is 4. The van der Waals surface area contributed by atoms with Gasteiger partial charge in [-0.05, 0) is 47.6 Å². The number of esters is 1. The molecule has 5 nitrogen and oxygen atoms in total. The molecule has 2 bridgehead atoms. The SMILES string of the molecule is CCCNC(=O)C1=C(C(=O)OCc2ccccc2)C2(C)C(C)=C(c3ccc(OC)cc3)C1(C)C2(C)C. The van der Waals surface area contributed by atoms with Gasteiger partial charge >= 0.3 is 5.97 Å². The number of amides is 1. The highest BCUT2D eigenvalue weighted by Gasteiger charge is 2.72. The lowest BCUT2D eigenvalue weighted by Gasteiger charge is -2.43. The second kappa shape index (κ2) is 9.27. The number of hydrogen-bond donors (Lipinski definition) is 1. The van der Waals surface area contributed by atoms with Gasteiger partial charge in [-0.2, -0.15) is 0 Å². The molecule has 0 fully saturated rings. The Labute approximate surface area is 214 Å². The van der Waals surface area contributed by atoms with Gasteiger partial charge in [-0.1, -0.05) is 82.7 Å². The Kier molecular flexibility index (Phi) is 6.63. The van der Waals surface area contributed by atoms with Crippen LogP contribution in [0.25, 0.3) is 5.57 Å². The van der Waals surface area contributed by atoms with Crippen LogP contribution in [0.15, 0.2) is 71.3 Å². The molecule has 2 aliphatic rings. The summed E-state index contributed by atoms with van der Waals surface area (Å²) in [5.74, 6) is 0.159. The van der Waals surface area contributed by atoms with Crippen LogP contribution in [0.1, 0.15) is 59.1 Å². The van der Waals surface area contributed by atoms with Gasteiger partial charge in [-0.3, -0.25) is 4.79 Å². The number of ether oxygens (including phenoxy) is 2. The molecule has 0 aromatic heterocycles. The van der Waals surface area contributed by atoms with Crippen LogP contribution >= 0.6 is 0 Å². The smallest absolute Gasteiger partial charge is 0.335 e. The Bertz CT molecular complexity index is 1240. The van der Waals surface area contributed by atoms with Gasteiger partial charge in [-0.25, -0.2) is 4.79 Å². The number of methoxy groups -OCH3 is 1. The van der Waals surface area contributed by atoms with E-state index < -0.39 is 22.2 Å². The van der Waals surface area contributed by atoms with Crippen LogP contribution in [-0.2, 0) is 20.9 Å². The van der Waals surface area contributed by atoms with Crippen molar-refractivity contribution >= 4 is 17.4 Å². The van der Waals surface area contributed by atoms with Crippen LogP contribution in [-0.4, -0.2) is 25.5 Å². The maximum absolute atomic E-state index is 13.8. The average Bonchev–Trinajstić information content (AvgIpc) is 3.09. The first-order valence-electron chi connectivity index (χ1n) is 12.7. The lowest BCUT2D eigenvalue weighted by molar-refractivity contribution is -0.142. The fourth-order valence-electron chi connectivity index (χ4n) is 6.38. The second-order valence-electron chi connectivity index (χ2n) is 10.7. The Morgan fingerprint density at radius 1 is 0.889 bits per heavy atom. The maximum Gasteiger partial charge on any atom is 0.335 e. The van der Waals surface area contributed by atoms with Gasteiger partial charge in [0.15, 0.2) is 0 Å². The van der Waals surface area contributed by atoms with Crippen molar-refractivity contribution < 1.29 is 19.1 Å². The summed E-state index contributed by atoms with van der Waals surface area (Å²) in [5, 5.41) is 3.06. The molecule has 0 saturated carbocycles. The van der Waals surface area contributed by atoms with Crippen molar-refractivity contribution in [3.05, 3.63) is 82.4 Å². The van der Waals surface area contributed by atoms with Crippen molar-refractivity contribution in [1.29, 1.82) is 0 Å². The van der Waals surface area contributed by atoms with Gasteiger partial charge in [0.05, 0.1) is 12.7 Å². The monoisotopic (exact) mass is 487 g/mol. The molecule has 2 aromatic rings. The largest absolute Gasteiger partial charge is 0.497 e. The summed E-state index contributed by atoms with van der Waals surface area (Å²) in [6.07, 6.45) is 0.810. The van der Waals surface area contributed by atoms with Crippen LogP contribution in [0.4, 0.5) is 0 Å². The minimum absolute atomic E-state index is 0.161. The number of fused-ring (bicyclic) bond motifs is 2. The molecule has 1 N–H and O–H groups in total. The van der Waals surface area contributed by atoms with Crippen molar-refractivity contribution in [2.45, 2.75) is 54.6 Å². The summed E-state index contributed by atoms with van der Waals surface area (Å²) in [5.41, 5.74) is 3.33. The van der Waals surface area contributed by atoms with Crippen molar-refractivity contribution in [3.63, 3.8) is 0 Å². The van der Waals surface area contributed by atoms with Crippen LogP contribution in [0.5, 0.6) is 5.75 Å². The Hall–Kier alpha value is -3.34. The van der Waals surface area contributed by atoms with E-state index in [1.807, 2.05) is 61.5 Å². The van der Waals surface area contributed by atoms with Gasteiger partial charge in [0, 0.05) is 22.9 Å². The number of allylic oxidation sites excluding steroid dienone is 2. The van der Waals surface area contributed by atoms with E-state index in [-0.39, 0.29) is 12.5 Å². The van der Waals surface area contributed by atoms with E-state index >= 15 is 0 Å². The summed E-state index contributed by atoms with van der Waals surface area (Å²) >= 11 is 0. The van der Waals surface area contributed by atoms with Crippen molar-refractivity contribution in [1.82, 2.24) is 5.32 Å². The fraction of sp³-hybridized carbons (Fsp3) is 0.419. The maximum atomic E-state index is 13.8. The van der Waals surface area contributed by atoms with Crippen LogP contribution in [0.2, 0.25) is 0 Å². The molecule has 2 atom stereocenters. The number of rotatable bonds is 8. The van der Waals surface area contributed by atoms with Crippen LogP contribution < -0.4 is 10.1 Å². The number of nitrogens with one attached hydrogen (secondary N) is 1. The van der Waals surface area contributed by atoms with Crippen molar-refractivity contribution in [2.75, 3.05) is 13.7 Å². The van der Waals surface area contributed by atoms with Crippen LogP contribution in [0.3, 0.4) is 0 Å². The minimum Gasteiger partial charge on any atom is -0.497 e. The lowest BCUT2D eigenvalue weighted by atomic mass is 9.59. The zero-order valence-corrected chi connectivity index (χ0v) is 22.5. The zero-order valence-electron chi connectivity index (χ0n) is 22.5. The van der Waals surface area contributed by atoms with E-state index in [1.54, 1.807) is 7.11 Å². The molecule has 0 heterocycles. The highest BCUT2D eigenvalue weighted by atomic mass is 16.5. The Balaban J connectivity index is 1.86. The Morgan fingerprint density at radius 2 is 1.53 bits per heavy atom. The molecule has 4 rings (SSSR count). The number of carbonyl (C=O) groups is 2. The van der Waals surface area contributed by atoms with Crippen molar-refractivity contribution in [3.8, 4) is 5.75 Å². The standard InChI is InChI=1S/C31H37NO4/c1-8-18-32-27(33)25-26(28(34)36-19-21-12-10-9-11-13-21)30(5)20(2)24(31(25,6)29(30,3)4)22-14-16-23(35-7)17-15-22/h9-17H,8,18-19H2,1-7H3,(H,32,33). The van der Waals surface area contributed by atoms with Gasteiger partial charge in [0.1, 0.15) is 12.4 Å². The molecule has 1 amide bonds. The molecule has 5 heteroatoms. The third-order valence-corrected chi connectivity index (χ3v) is 8.93. The average molecular weight is 488 g/mol. The summed E-state index contributed by atoms with van der Waals surface area (Å²) in [6, 6.07) is 17.6. The lowest BCUT2D eigenvalue weighted by Crippen LogP contribution is -2.40. The van der Waals surface area contributed by atoms with Gasteiger partial charge in [0.2, 0.25) is 5.91 Å². The second-order valence-corrected chi connectivity index (χ2v) is 10.7. The van der Waals surface area contributed by atoms with Crippen molar-refractivity contribution in [2.24, 2.45) is 16.2 Å². The predicted molar refractivity (Wildman–Crippen MR) is 142 cm³/mol. The zero-order chi connectivity index (χ0) is 26.3. The van der Waals surface area contributed by atoms with Gasteiger partial charge < -0.3 is 14.8 Å². The van der Waals surface area contributed by atoms with Gasteiger partial charge in [0.25, 0.3) is 0 Å². The van der Waals surface area contributed by atoms with Gasteiger partial charge in [-0.15, -0.1) is 0 Å². The fourth-order valence-corrected chi connectivity index (χ4v) is 6.38. The highest BCUT2D eigenvalue weighted by Crippen LogP contribution is 2.77. The van der Waals surface area contributed by atoms with E-state index in [9.17, 15) is 9.59 Å². The topological polar surface area (TPSA) is 64.6 Å². The van der Waals surface area contributed by atoms with E-state index in [4.69, 9.17) is 9.47 Å². The predicted octanol–water partition coefficient (Wildman–Crippen LogP) is 6.10. The molecule has 190 valence electrons. The number of carbonyl (C=O) groups excluding carboxylic acids is 2. The summed E-state index contributed by atoms with van der Waals surface area (Å²) in [4.78, 5) is 27.6. The quantitative estimate of drug-likeness (QED) is 0.457. The molecular formula is C31H37NO4. The minimum atomic E-state index is -0.695. The summed E-state index contributed by atoms with van der Waals surface area (Å²) < 4.78 is 11.2. The third kappa shape index (κ3) is 3.51.